The van der Waals surface area contributed by atoms with Crippen LogP contribution in [0, 0.1) is 12.7 Å². The molecule has 0 saturated carbocycles. The number of thioether (sulfide) groups is 1. The van der Waals surface area contributed by atoms with E-state index in [2.05, 4.69) is 15.5 Å². The number of nitrogens with zero attached hydrogens (tertiary/aromatic N) is 1. The number of carbonyl (C=O) groups is 1. The van der Waals surface area contributed by atoms with Gasteiger partial charge in [-0.3, -0.25) is 9.89 Å². The number of anilines is 1. The third kappa shape index (κ3) is 4.10. The van der Waals surface area contributed by atoms with Crippen molar-refractivity contribution >= 4 is 23.5 Å². The number of H-pyrrole nitrogens is 1. The Morgan fingerprint density at radius 3 is 2.79 bits per heavy atom. The molecule has 0 radical (unpaired) electrons. The van der Waals surface area contributed by atoms with Crippen LogP contribution in [0.3, 0.4) is 0 Å². The summed E-state index contributed by atoms with van der Waals surface area (Å²) in [5.41, 5.74) is 0.902. The van der Waals surface area contributed by atoms with Crippen molar-refractivity contribution in [3.05, 3.63) is 41.8 Å². The molecule has 1 aromatic carbocycles. The van der Waals surface area contributed by atoms with Crippen molar-refractivity contribution in [2.45, 2.75) is 18.2 Å². The van der Waals surface area contributed by atoms with E-state index in [-0.39, 0.29) is 11.7 Å². The molecule has 100 valence electrons. The van der Waals surface area contributed by atoms with Gasteiger partial charge < -0.3 is 5.32 Å². The lowest BCUT2D eigenvalue weighted by Gasteiger charge is -2.04. The Balaban J connectivity index is 1.75. The van der Waals surface area contributed by atoms with Crippen LogP contribution in [0.4, 0.5) is 10.2 Å². The van der Waals surface area contributed by atoms with Crippen LogP contribution in [-0.4, -0.2) is 21.9 Å². The zero-order chi connectivity index (χ0) is 13.7. The first-order valence-corrected chi connectivity index (χ1v) is 6.82. The van der Waals surface area contributed by atoms with E-state index in [0.29, 0.717) is 18.0 Å². The summed E-state index contributed by atoms with van der Waals surface area (Å²) in [6, 6.07) is 6.24. The van der Waals surface area contributed by atoms with Gasteiger partial charge in [0.15, 0.2) is 0 Å². The van der Waals surface area contributed by atoms with E-state index in [0.717, 1.165) is 10.5 Å². The van der Waals surface area contributed by atoms with E-state index in [1.807, 2.05) is 6.92 Å². The number of nitrogens with one attached hydrogen (secondary N) is 2. The maximum Gasteiger partial charge on any atom is 0.226 e. The van der Waals surface area contributed by atoms with Crippen molar-refractivity contribution in [1.82, 2.24) is 10.2 Å². The van der Waals surface area contributed by atoms with Crippen molar-refractivity contribution in [2.75, 3.05) is 11.1 Å². The number of aromatic nitrogens is 2. The molecule has 0 fully saturated rings. The van der Waals surface area contributed by atoms with E-state index in [1.165, 1.54) is 23.9 Å². The van der Waals surface area contributed by atoms with E-state index >= 15 is 0 Å². The van der Waals surface area contributed by atoms with Crippen molar-refractivity contribution in [1.29, 1.82) is 0 Å². The minimum Gasteiger partial charge on any atom is -0.311 e. The van der Waals surface area contributed by atoms with Crippen LogP contribution in [0.5, 0.6) is 0 Å². The maximum absolute atomic E-state index is 12.7. The molecule has 1 heterocycles. The van der Waals surface area contributed by atoms with Crippen LogP contribution in [-0.2, 0) is 4.79 Å². The lowest BCUT2D eigenvalue weighted by atomic mass is 10.3. The highest BCUT2D eigenvalue weighted by atomic mass is 32.2. The molecule has 0 aliphatic carbocycles. The van der Waals surface area contributed by atoms with Crippen LogP contribution in [0.2, 0.25) is 0 Å². The van der Waals surface area contributed by atoms with E-state index in [9.17, 15) is 9.18 Å². The molecule has 4 nitrogen and oxygen atoms in total. The summed E-state index contributed by atoms with van der Waals surface area (Å²) in [7, 11) is 0. The second-order valence-electron chi connectivity index (χ2n) is 4.03. The summed E-state index contributed by atoms with van der Waals surface area (Å²) >= 11 is 1.52. The predicted molar refractivity (Wildman–Crippen MR) is 73.7 cm³/mol. The molecule has 0 unspecified atom stereocenters. The van der Waals surface area contributed by atoms with E-state index < -0.39 is 0 Å². The molecule has 1 amide bonds. The molecule has 0 aliphatic rings. The smallest absolute Gasteiger partial charge is 0.226 e. The summed E-state index contributed by atoms with van der Waals surface area (Å²) in [4.78, 5) is 12.6. The minimum absolute atomic E-state index is 0.0676. The van der Waals surface area contributed by atoms with Gasteiger partial charge in [0, 0.05) is 22.6 Å². The molecule has 0 spiro atoms. The zero-order valence-corrected chi connectivity index (χ0v) is 11.3. The van der Waals surface area contributed by atoms with Crippen LogP contribution in [0.25, 0.3) is 0 Å². The van der Waals surface area contributed by atoms with Gasteiger partial charge in [-0.1, -0.05) is 0 Å². The van der Waals surface area contributed by atoms with Crippen molar-refractivity contribution in [3.63, 3.8) is 0 Å². The van der Waals surface area contributed by atoms with Crippen LogP contribution in [0.15, 0.2) is 35.4 Å². The number of carbonyl (C=O) groups excluding carboxylic acids is 1. The molecule has 0 aliphatic heterocycles. The third-order valence-electron chi connectivity index (χ3n) is 2.50. The lowest BCUT2D eigenvalue weighted by molar-refractivity contribution is -0.115. The average Bonchev–Trinajstić information content (AvgIpc) is 2.78. The normalized spacial score (nSPS) is 10.4. The van der Waals surface area contributed by atoms with Gasteiger partial charge in [-0.25, -0.2) is 4.39 Å². The lowest BCUT2D eigenvalue weighted by Crippen LogP contribution is -2.13. The van der Waals surface area contributed by atoms with Crippen molar-refractivity contribution in [3.8, 4) is 0 Å². The molecule has 0 atom stereocenters. The number of amides is 1. The first kappa shape index (κ1) is 13.6. The molecular formula is C13H14FN3OS. The molecule has 2 aromatic rings. The van der Waals surface area contributed by atoms with Gasteiger partial charge in [-0.15, -0.1) is 11.8 Å². The van der Waals surface area contributed by atoms with Crippen LogP contribution < -0.4 is 5.32 Å². The monoisotopic (exact) mass is 279 g/mol. The molecular weight excluding hydrogens is 265 g/mol. The second-order valence-corrected chi connectivity index (χ2v) is 5.20. The van der Waals surface area contributed by atoms with E-state index in [1.54, 1.807) is 18.3 Å². The van der Waals surface area contributed by atoms with Crippen molar-refractivity contribution < 1.29 is 9.18 Å². The van der Waals surface area contributed by atoms with E-state index in [4.69, 9.17) is 0 Å². The highest BCUT2D eigenvalue weighted by molar-refractivity contribution is 7.99. The maximum atomic E-state index is 12.7. The predicted octanol–water partition coefficient (Wildman–Crippen LogP) is 2.98. The molecule has 2 N–H and O–H groups in total. The van der Waals surface area contributed by atoms with Crippen molar-refractivity contribution in [2.24, 2.45) is 0 Å². The third-order valence-corrected chi connectivity index (χ3v) is 3.52. The summed E-state index contributed by atoms with van der Waals surface area (Å²) in [5, 5.41) is 9.31. The standard InChI is InChI=1S/C13H14FN3OS/c1-9-8-15-17-13(9)16-12(18)6-7-19-11-4-2-10(14)3-5-11/h2-5,8H,6-7H2,1H3,(H2,15,16,17,18). The van der Waals surface area contributed by atoms with Gasteiger partial charge in [-0.2, -0.15) is 5.10 Å². The Kier molecular flexibility index (Phi) is 4.57. The zero-order valence-electron chi connectivity index (χ0n) is 10.4. The Morgan fingerprint density at radius 2 is 2.16 bits per heavy atom. The Morgan fingerprint density at radius 1 is 1.42 bits per heavy atom. The molecule has 6 heteroatoms. The summed E-state index contributed by atoms with van der Waals surface area (Å²) in [6.45, 7) is 1.87. The number of aromatic amines is 1. The summed E-state index contributed by atoms with van der Waals surface area (Å²) < 4.78 is 12.7. The van der Waals surface area contributed by atoms with Gasteiger partial charge in [0.25, 0.3) is 0 Å². The fourth-order valence-electron chi connectivity index (χ4n) is 1.47. The fraction of sp³-hybridized carbons (Fsp3) is 0.231. The summed E-state index contributed by atoms with van der Waals surface area (Å²) in [5.74, 6) is 0.959. The first-order valence-electron chi connectivity index (χ1n) is 5.83. The fourth-order valence-corrected chi connectivity index (χ4v) is 2.32. The quantitative estimate of drug-likeness (QED) is 0.827. The first-order chi connectivity index (χ1) is 9.15. The SMILES string of the molecule is Cc1cn[nH]c1NC(=O)CCSc1ccc(F)cc1. The second kappa shape index (κ2) is 6.38. The molecule has 2 rings (SSSR count). The molecule has 0 saturated heterocycles. The van der Waals surface area contributed by atoms with Crippen LogP contribution >= 0.6 is 11.8 Å². The van der Waals surface area contributed by atoms with Gasteiger partial charge in [-0.05, 0) is 31.2 Å². The number of halogens is 1. The number of hydrogen-bond acceptors (Lipinski definition) is 3. The van der Waals surface area contributed by atoms with Gasteiger partial charge in [0.2, 0.25) is 5.91 Å². The van der Waals surface area contributed by atoms with Crippen LogP contribution in [0.1, 0.15) is 12.0 Å². The highest BCUT2D eigenvalue weighted by Crippen LogP contribution is 2.19. The molecule has 19 heavy (non-hydrogen) atoms. The highest BCUT2D eigenvalue weighted by Gasteiger charge is 2.06. The largest absolute Gasteiger partial charge is 0.311 e. The Hall–Kier alpha value is -1.82. The Labute approximate surface area is 114 Å². The topological polar surface area (TPSA) is 57.8 Å². The minimum atomic E-state index is -0.253. The molecule has 0 bridgehead atoms. The number of hydrogen-bond donors (Lipinski definition) is 2. The van der Waals surface area contributed by atoms with Gasteiger partial charge in [0.1, 0.15) is 11.6 Å². The summed E-state index contributed by atoms with van der Waals surface area (Å²) in [6.07, 6.45) is 2.05. The average molecular weight is 279 g/mol. The number of benzene rings is 1. The number of aryl methyl sites for hydroxylation is 1. The van der Waals surface area contributed by atoms with Gasteiger partial charge in [0.05, 0.1) is 6.20 Å². The van der Waals surface area contributed by atoms with Gasteiger partial charge >= 0.3 is 0 Å². The molecule has 1 aromatic heterocycles. The number of rotatable bonds is 5. The Bertz CT molecular complexity index is 553.